The van der Waals surface area contributed by atoms with Crippen molar-refractivity contribution in [2.45, 2.75) is 26.4 Å². The molecule has 1 saturated carbocycles. The minimum absolute atomic E-state index is 0.0663. The number of carbonyl (C=O) groups is 4. The molecule has 2 fully saturated rings. The van der Waals surface area contributed by atoms with Gasteiger partial charge in [-0.15, -0.1) is 0 Å². The SMILES string of the molecule is Cc1ccc(C(=O)[C@H](C)OC(=O)c2cc(N3C(=O)[C@H]4[C@H](C3=O)[C@H]3C=C[C@H]4C3)ccc2O)cc1. The summed E-state index contributed by atoms with van der Waals surface area (Å²) in [4.78, 5) is 52.6. The predicted octanol–water partition coefficient (Wildman–Crippen LogP) is 3.44. The van der Waals surface area contributed by atoms with Gasteiger partial charge in [0.15, 0.2) is 6.10 Å². The Morgan fingerprint density at radius 3 is 2.21 bits per heavy atom. The lowest BCUT2D eigenvalue weighted by atomic mass is 9.85. The lowest BCUT2D eigenvalue weighted by Crippen LogP contribution is -2.33. The zero-order valence-electron chi connectivity index (χ0n) is 18.2. The number of carbonyl (C=O) groups excluding carboxylic acids is 4. The molecule has 33 heavy (non-hydrogen) atoms. The molecule has 5 atom stereocenters. The number of esters is 1. The number of aryl methyl sites for hydroxylation is 1. The van der Waals surface area contributed by atoms with Gasteiger partial charge in [-0.25, -0.2) is 9.69 Å². The Labute approximate surface area is 190 Å². The van der Waals surface area contributed by atoms with Crippen LogP contribution in [0.2, 0.25) is 0 Å². The number of hydrogen-bond acceptors (Lipinski definition) is 6. The van der Waals surface area contributed by atoms with Gasteiger partial charge in [-0.2, -0.15) is 0 Å². The van der Waals surface area contributed by atoms with Crippen LogP contribution < -0.4 is 4.90 Å². The molecule has 2 aliphatic carbocycles. The van der Waals surface area contributed by atoms with Crippen molar-refractivity contribution in [2.75, 3.05) is 4.90 Å². The van der Waals surface area contributed by atoms with Gasteiger partial charge in [-0.3, -0.25) is 14.4 Å². The number of Topliss-reactive ketones (excluding diaryl/α,β-unsaturated/α-hetero) is 1. The largest absolute Gasteiger partial charge is 0.507 e. The topological polar surface area (TPSA) is 101 Å². The van der Waals surface area contributed by atoms with Crippen molar-refractivity contribution in [3.63, 3.8) is 0 Å². The van der Waals surface area contributed by atoms with Crippen LogP contribution in [0.1, 0.15) is 39.6 Å². The number of ether oxygens (including phenoxy) is 1. The van der Waals surface area contributed by atoms with Crippen LogP contribution in [0.5, 0.6) is 5.75 Å². The van der Waals surface area contributed by atoms with E-state index in [2.05, 4.69) is 0 Å². The molecular weight excluding hydrogens is 422 g/mol. The van der Waals surface area contributed by atoms with E-state index in [9.17, 15) is 24.3 Å². The van der Waals surface area contributed by atoms with E-state index in [1.54, 1.807) is 24.3 Å². The van der Waals surface area contributed by atoms with Crippen molar-refractivity contribution in [1.82, 2.24) is 0 Å². The van der Waals surface area contributed by atoms with Crippen molar-refractivity contribution in [3.8, 4) is 5.75 Å². The molecule has 1 saturated heterocycles. The van der Waals surface area contributed by atoms with E-state index in [1.807, 2.05) is 19.1 Å². The number of phenolic OH excluding ortho intramolecular Hbond substituents is 1. The summed E-state index contributed by atoms with van der Waals surface area (Å²) in [5.74, 6) is -2.83. The summed E-state index contributed by atoms with van der Waals surface area (Å²) in [5.41, 5.74) is 1.40. The van der Waals surface area contributed by atoms with E-state index >= 15 is 0 Å². The van der Waals surface area contributed by atoms with Gasteiger partial charge in [0.05, 0.1) is 17.5 Å². The van der Waals surface area contributed by atoms with Crippen molar-refractivity contribution >= 4 is 29.3 Å². The van der Waals surface area contributed by atoms with Crippen LogP contribution in [0.25, 0.3) is 0 Å². The monoisotopic (exact) mass is 445 g/mol. The van der Waals surface area contributed by atoms with Crippen LogP contribution in [-0.4, -0.2) is 34.8 Å². The number of anilines is 1. The highest BCUT2D eigenvalue weighted by atomic mass is 16.5. The van der Waals surface area contributed by atoms with Gasteiger partial charge < -0.3 is 9.84 Å². The molecule has 0 unspecified atom stereocenters. The summed E-state index contributed by atoms with van der Waals surface area (Å²) >= 11 is 0. The van der Waals surface area contributed by atoms with Crippen LogP contribution >= 0.6 is 0 Å². The Bertz CT molecular complexity index is 1180. The first kappa shape index (κ1) is 21.1. The third-order valence-electron chi connectivity index (χ3n) is 6.92. The molecule has 2 bridgehead atoms. The van der Waals surface area contributed by atoms with E-state index in [0.29, 0.717) is 5.56 Å². The average Bonchev–Trinajstić information content (AvgIpc) is 3.48. The molecule has 1 aliphatic heterocycles. The van der Waals surface area contributed by atoms with Gasteiger partial charge in [-0.05, 0) is 50.3 Å². The van der Waals surface area contributed by atoms with E-state index in [0.717, 1.165) is 16.9 Å². The van der Waals surface area contributed by atoms with Gasteiger partial charge in [0.2, 0.25) is 17.6 Å². The zero-order valence-corrected chi connectivity index (χ0v) is 18.2. The number of imide groups is 1. The van der Waals surface area contributed by atoms with E-state index < -0.39 is 12.1 Å². The molecule has 5 rings (SSSR count). The highest BCUT2D eigenvalue weighted by Crippen LogP contribution is 2.53. The molecule has 7 heteroatoms. The van der Waals surface area contributed by atoms with Crippen molar-refractivity contribution in [3.05, 3.63) is 71.3 Å². The molecule has 168 valence electrons. The summed E-state index contributed by atoms with van der Waals surface area (Å²) in [7, 11) is 0. The van der Waals surface area contributed by atoms with Crippen molar-refractivity contribution in [2.24, 2.45) is 23.7 Å². The fourth-order valence-corrected chi connectivity index (χ4v) is 5.21. The van der Waals surface area contributed by atoms with Gasteiger partial charge in [-0.1, -0.05) is 42.0 Å². The highest BCUT2D eigenvalue weighted by Gasteiger charge is 2.59. The normalized spacial score (nSPS) is 25.9. The minimum Gasteiger partial charge on any atom is -0.507 e. The number of fused-ring (bicyclic) bond motifs is 5. The number of amides is 2. The second-order valence-electron chi connectivity index (χ2n) is 8.99. The van der Waals surface area contributed by atoms with Crippen LogP contribution in [-0.2, 0) is 14.3 Å². The van der Waals surface area contributed by atoms with E-state index in [1.165, 1.54) is 25.1 Å². The lowest BCUT2D eigenvalue weighted by Gasteiger charge is -2.19. The van der Waals surface area contributed by atoms with E-state index in [4.69, 9.17) is 4.74 Å². The van der Waals surface area contributed by atoms with E-state index in [-0.39, 0.29) is 58.3 Å². The third-order valence-corrected chi connectivity index (χ3v) is 6.92. The summed E-state index contributed by atoms with van der Waals surface area (Å²) in [5, 5.41) is 10.3. The summed E-state index contributed by atoms with van der Waals surface area (Å²) < 4.78 is 5.31. The minimum atomic E-state index is -1.08. The zero-order chi connectivity index (χ0) is 23.4. The molecule has 7 nitrogen and oxygen atoms in total. The van der Waals surface area contributed by atoms with Crippen LogP contribution in [0.4, 0.5) is 5.69 Å². The number of aromatic hydroxyl groups is 1. The average molecular weight is 445 g/mol. The number of nitrogens with zero attached hydrogens (tertiary/aromatic N) is 1. The number of rotatable bonds is 5. The number of phenols is 1. The Balaban J connectivity index is 1.36. The predicted molar refractivity (Wildman–Crippen MR) is 119 cm³/mol. The molecule has 0 spiro atoms. The van der Waals surface area contributed by atoms with Gasteiger partial charge in [0.25, 0.3) is 0 Å². The number of allylic oxidation sites excluding steroid dienone is 2. The lowest BCUT2D eigenvalue weighted by molar-refractivity contribution is -0.123. The maximum absolute atomic E-state index is 13.0. The van der Waals surface area contributed by atoms with Gasteiger partial charge in [0.1, 0.15) is 11.3 Å². The fourth-order valence-electron chi connectivity index (χ4n) is 5.21. The number of ketones is 1. The Kier molecular flexibility index (Phi) is 4.92. The highest BCUT2D eigenvalue weighted by molar-refractivity contribution is 6.23. The number of hydrogen-bond donors (Lipinski definition) is 1. The van der Waals surface area contributed by atoms with Crippen LogP contribution in [0.3, 0.4) is 0 Å². The Morgan fingerprint density at radius 2 is 1.61 bits per heavy atom. The van der Waals surface area contributed by atoms with Crippen molar-refractivity contribution in [1.29, 1.82) is 0 Å². The Hall–Kier alpha value is -3.74. The maximum atomic E-state index is 13.0. The first-order valence-electron chi connectivity index (χ1n) is 11.0. The molecular formula is C26H23NO6. The van der Waals surface area contributed by atoms with Gasteiger partial charge in [0, 0.05) is 5.56 Å². The Morgan fingerprint density at radius 1 is 1.00 bits per heavy atom. The van der Waals surface area contributed by atoms with Crippen LogP contribution in [0.15, 0.2) is 54.6 Å². The quantitative estimate of drug-likeness (QED) is 0.328. The molecule has 0 aromatic heterocycles. The van der Waals surface area contributed by atoms with Crippen LogP contribution in [0, 0.1) is 30.6 Å². The summed E-state index contributed by atoms with van der Waals surface area (Å²) in [6, 6.07) is 10.8. The maximum Gasteiger partial charge on any atom is 0.342 e. The van der Waals surface area contributed by atoms with Crippen molar-refractivity contribution < 1.29 is 29.0 Å². The molecule has 0 radical (unpaired) electrons. The molecule has 1 heterocycles. The molecule has 2 aromatic carbocycles. The van der Waals surface area contributed by atoms with Gasteiger partial charge >= 0.3 is 5.97 Å². The second kappa shape index (κ2) is 7.69. The summed E-state index contributed by atoms with van der Waals surface area (Å²) in [6.07, 6.45) is 3.75. The molecule has 2 amide bonds. The number of benzene rings is 2. The molecule has 3 aliphatic rings. The fraction of sp³-hybridized carbons (Fsp3) is 0.308. The first-order valence-corrected chi connectivity index (χ1v) is 11.0. The third kappa shape index (κ3) is 3.35. The molecule has 1 N–H and O–H groups in total. The smallest absolute Gasteiger partial charge is 0.342 e. The summed E-state index contributed by atoms with van der Waals surface area (Å²) in [6.45, 7) is 3.36. The molecule has 2 aromatic rings. The standard InChI is InChI=1S/C26H23NO6/c1-13-3-5-15(6-4-13)23(29)14(2)33-26(32)19-12-18(9-10-20(19)28)27-24(30)21-16-7-8-17(11-16)22(21)25(27)31/h3-10,12,14,16-17,21-22,28H,11H2,1-2H3/t14-,16-,17-,21+,22+/m0/s1. The second-order valence-corrected chi connectivity index (χ2v) is 8.99. The first-order chi connectivity index (χ1) is 15.8.